The molecule has 0 aliphatic carbocycles. The summed E-state index contributed by atoms with van der Waals surface area (Å²) < 4.78 is 5.08. The summed E-state index contributed by atoms with van der Waals surface area (Å²) in [6.45, 7) is 4.06. The fraction of sp³-hybridized carbons (Fsp3) is 0.333. The van der Waals surface area contributed by atoms with Gasteiger partial charge < -0.3 is 20.4 Å². The molecule has 0 radical (unpaired) electrons. The maximum absolute atomic E-state index is 12.1. The van der Waals surface area contributed by atoms with E-state index in [0.29, 0.717) is 5.69 Å². The fourth-order valence-corrected chi connectivity index (χ4v) is 1.98. The Balaban J connectivity index is 1.99. The van der Waals surface area contributed by atoms with Crippen LogP contribution in [0, 0.1) is 5.92 Å². The topological polar surface area (TPSA) is 79.0 Å². The standard InChI is InChI=1S/C15H20N4O2/c1-10(2)13(14-16-8-9-17-14)19-15(20)18-11-4-6-12(21-3)7-5-11/h4-10,13H,1-3H3,(H,16,17)(H2,18,19,20). The second-order valence-electron chi connectivity index (χ2n) is 5.02. The van der Waals surface area contributed by atoms with Gasteiger partial charge in [-0.25, -0.2) is 9.78 Å². The Morgan fingerprint density at radius 3 is 2.52 bits per heavy atom. The van der Waals surface area contributed by atoms with E-state index in [4.69, 9.17) is 4.74 Å². The highest BCUT2D eigenvalue weighted by molar-refractivity contribution is 5.89. The van der Waals surface area contributed by atoms with Crippen LogP contribution in [0.2, 0.25) is 0 Å². The molecule has 0 bridgehead atoms. The minimum absolute atomic E-state index is 0.168. The maximum atomic E-state index is 12.1. The van der Waals surface area contributed by atoms with E-state index in [1.165, 1.54) is 0 Å². The molecule has 6 heteroatoms. The number of ether oxygens (including phenoxy) is 1. The van der Waals surface area contributed by atoms with Gasteiger partial charge in [-0.1, -0.05) is 13.8 Å². The quantitative estimate of drug-likeness (QED) is 0.791. The first-order valence-corrected chi connectivity index (χ1v) is 6.81. The number of rotatable bonds is 5. The van der Waals surface area contributed by atoms with Crippen LogP contribution in [-0.2, 0) is 0 Å². The first-order valence-electron chi connectivity index (χ1n) is 6.81. The molecule has 1 heterocycles. The number of imidazole rings is 1. The number of benzene rings is 1. The molecule has 21 heavy (non-hydrogen) atoms. The number of aromatic nitrogens is 2. The number of methoxy groups -OCH3 is 1. The molecule has 1 atom stereocenters. The number of aromatic amines is 1. The summed E-state index contributed by atoms with van der Waals surface area (Å²) in [6, 6.07) is 6.73. The summed E-state index contributed by atoms with van der Waals surface area (Å²) in [5.74, 6) is 1.71. The molecular formula is C15H20N4O2. The first kappa shape index (κ1) is 14.9. The molecule has 0 fully saturated rings. The zero-order valence-electron chi connectivity index (χ0n) is 12.4. The largest absolute Gasteiger partial charge is 0.497 e. The van der Waals surface area contributed by atoms with Gasteiger partial charge in [-0.3, -0.25) is 0 Å². The van der Waals surface area contributed by atoms with Crippen LogP contribution < -0.4 is 15.4 Å². The van der Waals surface area contributed by atoms with E-state index in [-0.39, 0.29) is 18.0 Å². The molecule has 0 saturated carbocycles. The minimum Gasteiger partial charge on any atom is -0.497 e. The number of hydrogen-bond acceptors (Lipinski definition) is 3. The lowest BCUT2D eigenvalue weighted by Gasteiger charge is -2.20. The summed E-state index contributed by atoms with van der Waals surface area (Å²) in [4.78, 5) is 19.3. The third-order valence-corrected chi connectivity index (χ3v) is 3.12. The van der Waals surface area contributed by atoms with Gasteiger partial charge in [-0.05, 0) is 30.2 Å². The molecule has 2 amide bonds. The monoisotopic (exact) mass is 288 g/mol. The van der Waals surface area contributed by atoms with Crippen molar-refractivity contribution in [2.75, 3.05) is 12.4 Å². The van der Waals surface area contributed by atoms with Gasteiger partial charge in [0.2, 0.25) is 0 Å². The number of nitrogens with one attached hydrogen (secondary N) is 3. The van der Waals surface area contributed by atoms with Crippen LogP contribution in [0.4, 0.5) is 10.5 Å². The second kappa shape index (κ2) is 6.78. The zero-order chi connectivity index (χ0) is 15.2. The van der Waals surface area contributed by atoms with E-state index >= 15 is 0 Å². The van der Waals surface area contributed by atoms with Gasteiger partial charge >= 0.3 is 6.03 Å². The Kier molecular flexibility index (Phi) is 4.81. The van der Waals surface area contributed by atoms with Gasteiger partial charge in [0.1, 0.15) is 11.6 Å². The molecule has 0 aliphatic heterocycles. The molecule has 2 aromatic rings. The SMILES string of the molecule is COc1ccc(NC(=O)NC(c2ncc[nH]2)C(C)C)cc1. The van der Waals surface area contributed by atoms with Crippen LogP contribution in [0.15, 0.2) is 36.7 Å². The predicted molar refractivity (Wildman–Crippen MR) is 81.3 cm³/mol. The number of carbonyl (C=O) groups excluding carboxylic acids is 1. The first-order chi connectivity index (χ1) is 10.1. The number of hydrogen-bond donors (Lipinski definition) is 3. The number of anilines is 1. The van der Waals surface area contributed by atoms with Crippen molar-refractivity contribution in [3.8, 4) is 5.75 Å². The summed E-state index contributed by atoms with van der Waals surface area (Å²) in [5, 5.41) is 5.71. The second-order valence-corrected chi connectivity index (χ2v) is 5.02. The Hall–Kier alpha value is -2.50. The van der Waals surface area contributed by atoms with Crippen molar-refractivity contribution in [3.05, 3.63) is 42.5 Å². The Bertz CT molecular complexity index is 564. The van der Waals surface area contributed by atoms with Crippen molar-refractivity contribution in [2.45, 2.75) is 19.9 Å². The Morgan fingerprint density at radius 1 is 1.29 bits per heavy atom. The molecule has 112 valence electrons. The molecule has 1 aromatic carbocycles. The summed E-state index contributed by atoms with van der Waals surface area (Å²) in [7, 11) is 1.60. The van der Waals surface area contributed by atoms with Gasteiger partial charge in [0.25, 0.3) is 0 Å². The molecule has 1 unspecified atom stereocenters. The molecule has 0 spiro atoms. The highest BCUT2D eigenvalue weighted by Crippen LogP contribution is 2.19. The lowest BCUT2D eigenvalue weighted by molar-refractivity contribution is 0.244. The molecule has 2 rings (SSSR count). The van der Waals surface area contributed by atoms with Crippen molar-refractivity contribution < 1.29 is 9.53 Å². The van der Waals surface area contributed by atoms with Crippen molar-refractivity contribution in [3.63, 3.8) is 0 Å². The van der Waals surface area contributed by atoms with Crippen molar-refractivity contribution in [2.24, 2.45) is 5.92 Å². The van der Waals surface area contributed by atoms with E-state index in [1.807, 2.05) is 13.8 Å². The van der Waals surface area contributed by atoms with Gasteiger partial charge in [0.15, 0.2) is 0 Å². The van der Waals surface area contributed by atoms with Crippen LogP contribution in [0.5, 0.6) is 5.75 Å². The van der Waals surface area contributed by atoms with Crippen molar-refractivity contribution >= 4 is 11.7 Å². The third-order valence-electron chi connectivity index (χ3n) is 3.12. The number of urea groups is 1. The molecule has 6 nitrogen and oxygen atoms in total. The lowest BCUT2D eigenvalue weighted by atomic mass is 10.0. The van der Waals surface area contributed by atoms with Gasteiger partial charge in [-0.2, -0.15) is 0 Å². The van der Waals surface area contributed by atoms with E-state index in [0.717, 1.165) is 11.6 Å². The normalized spacial score (nSPS) is 12.0. The fourth-order valence-electron chi connectivity index (χ4n) is 1.98. The van der Waals surface area contributed by atoms with E-state index < -0.39 is 0 Å². The number of H-pyrrole nitrogens is 1. The van der Waals surface area contributed by atoms with E-state index in [2.05, 4.69) is 20.6 Å². The van der Waals surface area contributed by atoms with Gasteiger partial charge in [0.05, 0.1) is 13.2 Å². The Labute approximate surface area is 123 Å². The van der Waals surface area contributed by atoms with Crippen LogP contribution in [0.1, 0.15) is 25.7 Å². The van der Waals surface area contributed by atoms with E-state index in [1.54, 1.807) is 43.8 Å². The summed E-state index contributed by atoms with van der Waals surface area (Å²) in [6.07, 6.45) is 3.42. The average Bonchev–Trinajstić information content (AvgIpc) is 2.99. The Morgan fingerprint density at radius 2 is 2.00 bits per heavy atom. The average molecular weight is 288 g/mol. The predicted octanol–water partition coefficient (Wildman–Crippen LogP) is 2.94. The minimum atomic E-state index is -0.268. The highest BCUT2D eigenvalue weighted by atomic mass is 16.5. The van der Waals surface area contributed by atoms with Crippen LogP contribution >= 0.6 is 0 Å². The maximum Gasteiger partial charge on any atom is 0.319 e. The number of nitrogens with zero attached hydrogens (tertiary/aromatic N) is 1. The number of amides is 2. The van der Waals surface area contributed by atoms with Gasteiger partial charge in [-0.15, -0.1) is 0 Å². The molecule has 0 aliphatic rings. The zero-order valence-corrected chi connectivity index (χ0v) is 12.4. The van der Waals surface area contributed by atoms with Crippen LogP contribution in [-0.4, -0.2) is 23.1 Å². The van der Waals surface area contributed by atoms with Crippen molar-refractivity contribution in [1.29, 1.82) is 0 Å². The lowest BCUT2D eigenvalue weighted by Crippen LogP contribution is -2.35. The third kappa shape index (κ3) is 3.98. The van der Waals surface area contributed by atoms with Crippen LogP contribution in [0.25, 0.3) is 0 Å². The smallest absolute Gasteiger partial charge is 0.319 e. The van der Waals surface area contributed by atoms with Crippen molar-refractivity contribution in [1.82, 2.24) is 15.3 Å². The van der Waals surface area contributed by atoms with E-state index in [9.17, 15) is 4.79 Å². The summed E-state index contributed by atoms with van der Waals surface area (Å²) >= 11 is 0. The highest BCUT2D eigenvalue weighted by Gasteiger charge is 2.20. The van der Waals surface area contributed by atoms with Crippen LogP contribution in [0.3, 0.4) is 0 Å². The van der Waals surface area contributed by atoms with Gasteiger partial charge in [0, 0.05) is 18.1 Å². The molecule has 3 N–H and O–H groups in total. The number of carbonyl (C=O) groups is 1. The molecule has 0 saturated heterocycles. The molecule has 1 aromatic heterocycles. The molecular weight excluding hydrogens is 268 g/mol. The summed E-state index contributed by atoms with van der Waals surface area (Å²) in [5.41, 5.74) is 0.704.